The lowest BCUT2D eigenvalue weighted by molar-refractivity contribution is -0.156. The van der Waals surface area contributed by atoms with E-state index in [4.69, 9.17) is 5.11 Å². The lowest BCUT2D eigenvalue weighted by atomic mass is 10.0. The van der Waals surface area contributed by atoms with Crippen molar-refractivity contribution in [2.24, 2.45) is 0 Å². The van der Waals surface area contributed by atoms with Crippen LogP contribution < -0.4 is 0 Å². The average molecular weight is 244 g/mol. The van der Waals surface area contributed by atoms with Crippen molar-refractivity contribution in [2.45, 2.75) is 13.0 Å². The minimum Gasteiger partial charge on any atom is -0.474 e. The second-order valence-corrected chi connectivity index (χ2v) is 4.41. The Morgan fingerprint density at radius 3 is 2.83 bits per heavy atom. The van der Waals surface area contributed by atoms with E-state index in [1.165, 1.54) is 4.90 Å². The van der Waals surface area contributed by atoms with Crippen LogP contribution in [0.5, 0.6) is 0 Å². The molecule has 2 N–H and O–H groups in total. The number of carboxylic acids is 1. The van der Waals surface area contributed by atoms with Crippen LogP contribution in [0.15, 0.2) is 24.3 Å². The van der Waals surface area contributed by atoms with Crippen molar-refractivity contribution in [1.82, 2.24) is 9.88 Å². The van der Waals surface area contributed by atoms with Gasteiger partial charge in [-0.1, -0.05) is 18.2 Å². The third-order valence-electron chi connectivity index (χ3n) is 3.35. The monoisotopic (exact) mass is 244 g/mol. The Hall–Kier alpha value is -2.30. The van der Waals surface area contributed by atoms with E-state index in [1.54, 1.807) is 0 Å². The predicted molar refractivity (Wildman–Crippen MR) is 65.1 cm³/mol. The van der Waals surface area contributed by atoms with Gasteiger partial charge in [-0.25, -0.2) is 4.79 Å². The van der Waals surface area contributed by atoms with E-state index in [-0.39, 0.29) is 0 Å². The number of carboxylic acid groups (broad SMARTS) is 1. The van der Waals surface area contributed by atoms with Crippen LogP contribution in [0.3, 0.4) is 0 Å². The number of aliphatic carboxylic acids is 1. The molecule has 0 saturated heterocycles. The van der Waals surface area contributed by atoms with E-state index in [1.807, 2.05) is 24.3 Å². The Kier molecular flexibility index (Phi) is 2.33. The van der Waals surface area contributed by atoms with Gasteiger partial charge in [-0.3, -0.25) is 4.79 Å². The zero-order valence-corrected chi connectivity index (χ0v) is 9.64. The molecule has 2 aromatic rings. The van der Waals surface area contributed by atoms with E-state index in [0.29, 0.717) is 19.5 Å². The molecule has 0 spiro atoms. The quantitative estimate of drug-likeness (QED) is 0.682. The molecule has 0 fully saturated rings. The summed E-state index contributed by atoms with van der Waals surface area (Å²) < 4.78 is 0. The van der Waals surface area contributed by atoms with Gasteiger partial charge >= 0.3 is 11.9 Å². The summed E-state index contributed by atoms with van der Waals surface area (Å²) >= 11 is 0. The highest BCUT2D eigenvalue weighted by molar-refractivity contribution is 6.31. The molecule has 1 aliphatic heterocycles. The topological polar surface area (TPSA) is 73.4 Å². The fourth-order valence-corrected chi connectivity index (χ4v) is 2.48. The lowest BCUT2D eigenvalue weighted by Gasteiger charge is -2.25. The van der Waals surface area contributed by atoms with Gasteiger partial charge in [0.25, 0.3) is 0 Å². The molecule has 0 bridgehead atoms. The molecular weight excluding hydrogens is 232 g/mol. The molecule has 1 aromatic heterocycles. The Morgan fingerprint density at radius 1 is 1.28 bits per heavy atom. The van der Waals surface area contributed by atoms with Gasteiger partial charge in [0.05, 0.1) is 0 Å². The number of hydrogen-bond acceptors (Lipinski definition) is 2. The number of carbonyl (C=O) groups is 2. The largest absolute Gasteiger partial charge is 0.474 e. The summed E-state index contributed by atoms with van der Waals surface area (Å²) in [4.78, 5) is 26.9. The van der Waals surface area contributed by atoms with Crippen LogP contribution >= 0.6 is 0 Å². The third kappa shape index (κ3) is 1.55. The molecule has 18 heavy (non-hydrogen) atoms. The fourth-order valence-electron chi connectivity index (χ4n) is 2.48. The Bertz CT molecular complexity index is 645. The smallest absolute Gasteiger partial charge is 0.394 e. The maximum Gasteiger partial charge on any atom is 0.394 e. The lowest BCUT2D eigenvalue weighted by Crippen LogP contribution is -2.39. The summed E-state index contributed by atoms with van der Waals surface area (Å²) in [5.74, 6) is -2.22. The van der Waals surface area contributed by atoms with Crippen LogP contribution in [0.1, 0.15) is 11.3 Å². The number of nitrogens with zero attached hydrogens (tertiary/aromatic N) is 1. The van der Waals surface area contributed by atoms with Gasteiger partial charge in [0.1, 0.15) is 0 Å². The number of aromatic amines is 1. The molecular formula is C13H12N2O3. The van der Waals surface area contributed by atoms with Gasteiger partial charge in [0, 0.05) is 41.7 Å². The van der Waals surface area contributed by atoms with Gasteiger partial charge in [-0.2, -0.15) is 0 Å². The van der Waals surface area contributed by atoms with Crippen molar-refractivity contribution >= 4 is 22.8 Å². The summed E-state index contributed by atoms with van der Waals surface area (Å²) in [5, 5.41) is 9.81. The van der Waals surface area contributed by atoms with E-state index >= 15 is 0 Å². The number of para-hydroxylation sites is 1. The number of amides is 1. The van der Waals surface area contributed by atoms with E-state index in [0.717, 1.165) is 22.2 Å². The maximum absolute atomic E-state index is 11.5. The Labute approximate surface area is 103 Å². The zero-order chi connectivity index (χ0) is 12.7. The molecule has 1 amide bonds. The zero-order valence-electron chi connectivity index (χ0n) is 9.64. The van der Waals surface area contributed by atoms with Crippen molar-refractivity contribution in [3.63, 3.8) is 0 Å². The third-order valence-corrected chi connectivity index (χ3v) is 3.35. The van der Waals surface area contributed by atoms with Gasteiger partial charge in [0.2, 0.25) is 0 Å². The Balaban J connectivity index is 2.01. The molecule has 0 atom stereocenters. The van der Waals surface area contributed by atoms with E-state index in [2.05, 4.69) is 4.98 Å². The van der Waals surface area contributed by atoms with Gasteiger partial charge in [-0.15, -0.1) is 0 Å². The highest BCUT2D eigenvalue weighted by Gasteiger charge is 2.27. The first-order valence-electron chi connectivity index (χ1n) is 5.77. The number of carbonyl (C=O) groups excluding carboxylic acids is 1. The van der Waals surface area contributed by atoms with Crippen LogP contribution in [0.4, 0.5) is 0 Å². The fraction of sp³-hybridized carbons (Fsp3) is 0.231. The van der Waals surface area contributed by atoms with Crippen LogP contribution in [-0.4, -0.2) is 33.4 Å². The molecule has 0 aliphatic carbocycles. The van der Waals surface area contributed by atoms with Crippen molar-refractivity contribution in [3.8, 4) is 0 Å². The first kappa shape index (κ1) is 10.8. The average Bonchev–Trinajstić information content (AvgIpc) is 2.75. The summed E-state index contributed by atoms with van der Waals surface area (Å²) in [6.07, 6.45) is 0.670. The number of rotatable bonds is 0. The molecule has 5 nitrogen and oxygen atoms in total. The van der Waals surface area contributed by atoms with Crippen LogP contribution in [0.2, 0.25) is 0 Å². The number of H-pyrrole nitrogens is 1. The molecule has 1 aliphatic rings. The number of benzene rings is 1. The molecule has 0 unspecified atom stereocenters. The SMILES string of the molecule is O=C(O)C(=O)N1CCc2[nH]c3ccccc3c2C1. The summed E-state index contributed by atoms with van der Waals surface area (Å²) in [6, 6.07) is 7.86. The number of aromatic nitrogens is 1. The summed E-state index contributed by atoms with van der Waals surface area (Å²) in [7, 11) is 0. The van der Waals surface area contributed by atoms with Crippen LogP contribution in [-0.2, 0) is 22.6 Å². The predicted octanol–water partition coefficient (Wildman–Crippen LogP) is 1.14. The molecule has 0 radical (unpaired) electrons. The molecule has 1 aromatic carbocycles. The molecule has 2 heterocycles. The molecule has 3 rings (SSSR count). The standard InChI is InChI=1S/C13H12N2O3/c16-12(13(17)18)15-6-5-11-9(7-15)8-3-1-2-4-10(8)14-11/h1-4,14H,5-7H2,(H,17,18). The minimum absolute atomic E-state index is 0.366. The van der Waals surface area contributed by atoms with Crippen molar-refractivity contribution in [3.05, 3.63) is 35.5 Å². The van der Waals surface area contributed by atoms with Crippen LogP contribution in [0, 0.1) is 0 Å². The van der Waals surface area contributed by atoms with Gasteiger partial charge in [-0.05, 0) is 6.07 Å². The van der Waals surface area contributed by atoms with E-state index < -0.39 is 11.9 Å². The first-order valence-corrected chi connectivity index (χ1v) is 5.77. The highest BCUT2D eigenvalue weighted by atomic mass is 16.4. The summed E-state index contributed by atoms with van der Waals surface area (Å²) in [5.41, 5.74) is 3.17. The second-order valence-electron chi connectivity index (χ2n) is 4.41. The van der Waals surface area contributed by atoms with Gasteiger partial charge in [0.15, 0.2) is 0 Å². The Morgan fingerprint density at radius 2 is 2.06 bits per heavy atom. The van der Waals surface area contributed by atoms with Gasteiger partial charge < -0.3 is 15.0 Å². The molecule has 5 heteroatoms. The van der Waals surface area contributed by atoms with Crippen molar-refractivity contribution in [1.29, 1.82) is 0 Å². The van der Waals surface area contributed by atoms with E-state index in [9.17, 15) is 9.59 Å². The van der Waals surface area contributed by atoms with Crippen molar-refractivity contribution < 1.29 is 14.7 Å². The number of fused-ring (bicyclic) bond motifs is 3. The first-order chi connectivity index (χ1) is 8.66. The number of nitrogens with one attached hydrogen (secondary N) is 1. The normalized spacial score (nSPS) is 14.6. The maximum atomic E-state index is 11.5. The molecule has 92 valence electrons. The molecule has 0 saturated carbocycles. The second kappa shape index (κ2) is 3.87. The van der Waals surface area contributed by atoms with Crippen molar-refractivity contribution in [2.75, 3.05) is 6.54 Å². The summed E-state index contributed by atoms with van der Waals surface area (Å²) in [6.45, 7) is 0.815. The highest BCUT2D eigenvalue weighted by Crippen LogP contribution is 2.27. The van der Waals surface area contributed by atoms with Crippen LogP contribution in [0.25, 0.3) is 10.9 Å². The number of hydrogen-bond donors (Lipinski definition) is 2. The minimum atomic E-state index is -1.39.